The van der Waals surface area contributed by atoms with E-state index in [1.807, 2.05) is 36.4 Å². The number of H-pyrrole nitrogens is 1. The van der Waals surface area contributed by atoms with Crippen LogP contribution in [0.1, 0.15) is 0 Å². The Labute approximate surface area is 162 Å². The number of aromatic amines is 1. The van der Waals surface area contributed by atoms with Gasteiger partial charge >= 0.3 is 0 Å². The van der Waals surface area contributed by atoms with Crippen LogP contribution in [0.4, 0.5) is 10.8 Å². The number of aromatic nitrogens is 5. The maximum atomic E-state index is 6.45. The molecule has 9 heteroatoms. The number of hydrogen-bond donors (Lipinski definition) is 2. The van der Waals surface area contributed by atoms with Crippen LogP contribution in [0, 0.1) is 0 Å². The Hall–Kier alpha value is -3.23. The van der Waals surface area contributed by atoms with E-state index in [2.05, 4.69) is 30.7 Å². The summed E-state index contributed by atoms with van der Waals surface area (Å²) in [6.07, 6.45) is 4.87. The molecule has 5 rings (SSSR count). The summed E-state index contributed by atoms with van der Waals surface area (Å²) in [4.78, 5) is 4.18. The lowest BCUT2D eigenvalue weighted by Gasteiger charge is -2.05. The predicted molar refractivity (Wildman–Crippen MR) is 105 cm³/mol. The van der Waals surface area contributed by atoms with Crippen molar-refractivity contribution in [1.29, 1.82) is 0 Å². The van der Waals surface area contributed by atoms with Gasteiger partial charge in [-0.25, -0.2) is 4.98 Å². The number of fused-ring (bicyclic) bond motifs is 1. The van der Waals surface area contributed by atoms with E-state index in [-0.39, 0.29) is 0 Å². The van der Waals surface area contributed by atoms with Crippen LogP contribution in [-0.2, 0) is 0 Å². The topological polar surface area (TPSA) is 92.5 Å². The van der Waals surface area contributed by atoms with Gasteiger partial charge in [0.15, 0.2) is 0 Å². The molecule has 0 unspecified atom stereocenters. The Morgan fingerprint density at radius 1 is 1.11 bits per heavy atom. The van der Waals surface area contributed by atoms with Gasteiger partial charge in [-0.1, -0.05) is 35.1 Å². The molecule has 0 fully saturated rings. The molecule has 27 heavy (non-hydrogen) atoms. The minimum atomic E-state index is 0.569. The lowest BCUT2D eigenvalue weighted by Crippen LogP contribution is -1.90. The molecule has 2 aromatic carbocycles. The van der Waals surface area contributed by atoms with E-state index >= 15 is 0 Å². The van der Waals surface area contributed by atoms with E-state index < -0.39 is 0 Å². The van der Waals surface area contributed by atoms with Crippen molar-refractivity contribution in [3.63, 3.8) is 0 Å². The first-order valence-electron chi connectivity index (χ1n) is 8.00. The van der Waals surface area contributed by atoms with Crippen LogP contribution < -0.4 is 5.32 Å². The van der Waals surface area contributed by atoms with Crippen molar-refractivity contribution < 1.29 is 4.42 Å². The molecule has 0 saturated heterocycles. The highest BCUT2D eigenvalue weighted by molar-refractivity contribution is 7.18. The lowest BCUT2D eigenvalue weighted by molar-refractivity contribution is 0.574. The van der Waals surface area contributed by atoms with Gasteiger partial charge in [0.25, 0.3) is 0 Å². The number of nitrogens with one attached hydrogen (secondary N) is 2. The van der Waals surface area contributed by atoms with Gasteiger partial charge in [-0.3, -0.25) is 5.10 Å². The average molecular weight is 395 g/mol. The van der Waals surface area contributed by atoms with E-state index in [0.29, 0.717) is 16.0 Å². The first-order chi connectivity index (χ1) is 13.3. The van der Waals surface area contributed by atoms with Crippen molar-refractivity contribution in [1.82, 2.24) is 25.4 Å². The van der Waals surface area contributed by atoms with Crippen molar-refractivity contribution in [2.75, 3.05) is 5.32 Å². The van der Waals surface area contributed by atoms with Gasteiger partial charge < -0.3 is 9.73 Å². The lowest BCUT2D eigenvalue weighted by atomic mass is 10.1. The molecule has 3 heterocycles. The molecule has 5 aromatic rings. The number of benzene rings is 2. The highest BCUT2D eigenvalue weighted by Crippen LogP contribution is 2.35. The first kappa shape index (κ1) is 16.0. The third kappa shape index (κ3) is 2.94. The standard InChI is InChI=1S/C18H11ClN6OS/c19-15-12-9-21-23-13(12)4-5-14(15)22-18-25-24-17(27-18)11-3-1-2-10(8-11)16-20-6-7-26-16/h1-9H,(H,21,23)(H,22,25). The molecule has 3 aromatic heterocycles. The van der Waals surface area contributed by atoms with Crippen molar-refractivity contribution in [2.24, 2.45) is 0 Å². The van der Waals surface area contributed by atoms with Crippen LogP contribution in [0.2, 0.25) is 5.02 Å². The summed E-state index contributed by atoms with van der Waals surface area (Å²) in [6.45, 7) is 0. The third-order valence-corrected chi connectivity index (χ3v) is 5.31. The molecule has 0 radical (unpaired) electrons. The van der Waals surface area contributed by atoms with Crippen molar-refractivity contribution in [3.05, 3.63) is 60.1 Å². The highest BCUT2D eigenvalue weighted by Gasteiger charge is 2.12. The largest absolute Gasteiger partial charge is 0.445 e. The number of anilines is 2. The van der Waals surface area contributed by atoms with Gasteiger partial charge in [0.2, 0.25) is 11.0 Å². The van der Waals surface area contributed by atoms with Gasteiger partial charge in [0, 0.05) is 16.5 Å². The molecule has 0 aliphatic carbocycles. The molecule has 7 nitrogen and oxygen atoms in total. The molecule has 132 valence electrons. The molecule has 0 spiro atoms. The Morgan fingerprint density at radius 2 is 2.04 bits per heavy atom. The average Bonchev–Trinajstić information content (AvgIpc) is 3.46. The smallest absolute Gasteiger partial charge is 0.225 e. The van der Waals surface area contributed by atoms with Gasteiger partial charge in [-0.05, 0) is 24.3 Å². The first-order valence-corrected chi connectivity index (χ1v) is 9.20. The Morgan fingerprint density at radius 3 is 2.93 bits per heavy atom. The zero-order valence-corrected chi connectivity index (χ0v) is 15.3. The van der Waals surface area contributed by atoms with Crippen LogP contribution in [0.15, 0.2) is 59.5 Å². The second kappa shape index (κ2) is 6.49. The normalized spacial score (nSPS) is 11.1. The Kier molecular flexibility index (Phi) is 3.84. The molecular weight excluding hydrogens is 384 g/mol. The van der Waals surface area contributed by atoms with E-state index in [0.717, 1.165) is 32.7 Å². The van der Waals surface area contributed by atoms with Crippen molar-refractivity contribution >= 4 is 44.7 Å². The highest BCUT2D eigenvalue weighted by atomic mass is 35.5. The summed E-state index contributed by atoms with van der Waals surface area (Å²) in [5.41, 5.74) is 3.46. The SMILES string of the molecule is Clc1c(Nc2nnc(-c3cccc(-c4ncco4)c3)s2)ccc2[nH]ncc12. The van der Waals surface area contributed by atoms with Crippen LogP contribution in [0.5, 0.6) is 0 Å². The monoisotopic (exact) mass is 394 g/mol. The van der Waals surface area contributed by atoms with Crippen molar-refractivity contribution in [3.8, 4) is 22.0 Å². The van der Waals surface area contributed by atoms with Gasteiger partial charge in [-0.15, -0.1) is 10.2 Å². The molecule has 0 bridgehead atoms. The molecule has 2 N–H and O–H groups in total. The van der Waals surface area contributed by atoms with E-state index in [4.69, 9.17) is 16.0 Å². The fraction of sp³-hybridized carbons (Fsp3) is 0. The second-order valence-corrected chi connectivity index (χ2v) is 7.07. The fourth-order valence-electron chi connectivity index (χ4n) is 2.74. The number of nitrogens with zero attached hydrogens (tertiary/aromatic N) is 4. The molecule has 0 amide bonds. The number of rotatable bonds is 4. The maximum Gasteiger partial charge on any atom is 0.225 e. The number of oxazole rings is 1. The maximum absolute atomic E-state index is 6.45. The minimum absolute atomic E-state index is 0.569. The molecule has 0 aliphatic heterocycles. The van der Waals surface area contributed by atoms with E-state index in [1.165, 1.54) is 11.3 Å². The second-order valence-electron chi connectivity index (χ2n) is 5.71. The molecule has 0 saturated carbocycles. The van der Waals surface area contributed by atoms with Crippen LogP contribution in [0.25, 0.3) is 32.9 Å². The minimum Gasteiger partial charge on any atom is -0.445 e. The van der Waals surface area contributed by atoms with Crippen LogP contribution in [-0.4, -0.2) is 25.4 Å². The summed E-state index contributed by atoms with van der Waals surface area (Å²) in [5, 5.41) is 21.5. The quantitative estimate of drug-likeness (QED) is 0.438. The summed E-state index contributed by atoms with van der Waals surface area (Å²) in [5.74, 6) is 0.569. The summed E-state index contributed by atoms with van der Waals surface area (Å²) < 4.78 is 5.36. The summed E-state index contributed by atoms with van der Waals surface area (Å²) in [7, 11) is 0. The zero-order chi connectivity index (χ0) is 18.2. The number of halogens is 1. The van der Waals surface area contributed by atoms with Gasteiger partial charge in [0.05, 0.1) is 28.6 Å². The molecular formula is C18H11ClN6OS. The number of hydrogen-bond acceptors (Lipinski definition) is 7. The van der Waals surface area contributed by atoms with Crippen molar-refractivity contribution in [2.45, 2.75) is 0 Å². The van der Waals surface area contributed by atoms with Crippen LogP contribution >= 0.6 is 22.9 Å². The predicted octanol–water partition coefficient (Wildman–Crippen LogP) is 5.13. The zero-order valence-electron chi connectivity index (χ0n) is 13.7. The Balaban J connectivity index is 1.44. The van der Waals surface area contributed by atoms with Gasteiger partial charge in [-0.2, -0.15) is 5.10 Å². The molecule has 0 aliphatic rings. The molecule has 0 atom stereocenters. The Bertz CT molecular complexity index is 1230. The van der Waals surface area contributed by atoms with Crippen LogP contribution in [0.3, 0.4) is 0 Å². The van der Waals surface area contributed by atoms with E-state index in [1.54, 1.807) is 18.7 Å². The summed E-state index contributed by atoms with van der Waals surface area (Å²) >= 11 is 7.89. The fourth-order valence-corrected chi connectivity index (χ4v) is 3.75. The third-order valence-electron chi connectivity index (χ3n) is 4.01. The van der Waals surface area contributed by atoms with E-state index in [9.17, 15) is 0 Å². The van der Waals surface area contributed by atoms with Gasteiger partial charge in [0.1, 0.15) is 11.3 Å². The summed E-state index contributed by atoms with van der Waals surface area (Å²) in [6, 6.07) is 11.6.